The summed E-state index contributed by atoms with van der Waals surface area (Å²) < 4.78 is 0. The second kappa shape index (κ2) is 13.4. The van der Waals surface area contributed by atoms with Gasteiger partial charge in [-0.2, -0.15) is 0 Å². The number of ketones is 2. The van der Waals surface area contributed by atoms with Crippen LogP contribution in [0.5, 0.6) is 0 Å². The summed E-state index contributed by atoms with van der Waals surface area (Å²) in [6.07, 6.45) is 1.44. The van der Waals surface area contributed by atoms with E-state index in [9.17, 15) is 19.2 Å². The van der Waals surface area contributed by atoms with Crippen LogP contribution in [0.3, 0.4) is 0 Å². The van der Waals surface area contributed by atoms with Crippen LogP contribution in [0.4, 0.5) is 0 Å². The van der Waals surface area contributed by atoms with Crippen molar-refractivity contribution >= 4 is 41.9 Å². The highest BCUT2D eigenvalue weighted by Gasteiger charge is 2.16. The summed E-state index contributed by atoms with van der Waals surface area (Å²) in [6, 6.07) is -0.729. The van der Waals surface area contributed by atoms with Crippen LogP contribution in [-0.2, 0) is 19.2 Å². The van der Waals surface area contributed by atoms with Crippen molar-refractivity contribution < 1.29 is 19.2 Å². The van der Waals surface area contributed by atoms with Crippen molar-refractivity contribution in [2.24, 2.45) is 11.8 Å². The summed E-state index contributed by atoms with van der Waals surface area (Å²) in [7, 11) is 5.00. The third-order valence-corrected chi connectivity index (χ3v) is 4.95. The number of hydrogen-bond acceptors (Lipinski definition) is 4. The first kappa shape index (κ1) is 25.4. The highest BCUT2D eigenvalue weighted by molar-refractivity contribution is 7.16. The SMILES string of the molecule is CC(=O)C(C)NC(=O)C(C)CP.CC(=O)C(C)NC(=O)C(C)CP. The van der Waals surface area contributed by atoms with Gasteiger partial charge in [-0.1, -0.05) is 13.8 Å². The van der Waals surface area contributed by atoms with Crippen LogP contribution in [0.1, 0.15) is 41.5 Å². The van der Waals surface area contributed by atoms with Crippen LogP contribution in [0, 0.1) is 11.8 Å². The molecule has 0 aliphatic rings. The zero-order valence-electron chi connectivity index (χ0n) is 15.5. The molecule has 24 heavy (non-hydrogen) atoms. The summed E-state index contributed by atoms with van der Waals surface area (Å²) in [6.45, 7) is 9.97. The van der Waals surface area contributed by atoms with Crippen molar-refractivity contribution in [1.29, 1.82) is 0 Å². The molecule has 2 N–H and O–H groups in total. The molecule has 2 amide bonds. The summed E-state index contributed by atoms with van der Waals surface area (Å²) in [5, 5.41) is 5.26. The van der Waals surface area contributed by atoms with Crippen molar-refractivity contribution in [2.45, 2.75) is 53.6 Å². The maximum atomic E-state index is 11.2. The highest BCUT2D eigenvalue weighted by atomic mass is 31.0. The second-order valence-corrected chi connectivity index (χ2v) is 6.90. The van der Waals surface area contributed by atoms with E-state index in [1.165, 1.54) is 13.8 Å². The predicted molar refractivity (Wildman–Crippen MR) is 104 cm³/mol. The topological polar surface area (TPSA) is 92.3 Å². The van der Waals surface area contributed by atoms with E-state index in [0.717, 1.165) is 12.3 Å². The molecular formula is C16H32N2O4P2. The number of rotatable bonds is 8. The van der Waals surface area contributed by atoms with E-state index < -0.39 is 0 Å². The fourth-order valence-corrected chi connectivity index (χ4v) is 1.56. The Morgan fingerprint density at radius 2 is 0.958 bits per heavy atom. The van der Waals surface area contributed by atoms with Crippen LogP contribution in [0.25, 0.3) is 0 Å². The van der Waals surface area contributed by atoms with Gasteiger partial charge in [0.25, 0.3) is 0 Å². The minimum absolute atomic E-state index is 0.0145. The number of Topliss-reactive ketones (excluding diaryl/α,β-unsaturated/α-hetero) is 2. The zero-order valence-corrected chi connectivity index (χ0v) is 17.8. The quantitative estimate of drug-likeness (QED) is 0.621. The predicted octanol–water partition coefficient (Wildman–Crippen LogP) is 1.18. The number of amides is 2. The molecule has 0 aliphatic heterocycles. The third-order valence-electron chi connectivity index (χ3n) is 3.54. The molecule has 0 aliphatic carbocycles. The first-order valence-electron chi connectivity index (χ1n) is 7.99. The van der Waals surface area contributed by atoms with E-state index in [0.29, 0.717) is 0 Å². The Morgan fingerprint density at radius 1 is 0.708 bits per heavy atom. The molecule has 6 atom stereocenters. The fraction of sp³-hybridized carbons (Fsp3) is 0.750. The van der Waals surface area contributed by atoms with E-state index in [1.54, 1.807) is 13.8 Å². The first-order chi connectivity index (χ1) is 11.0. The Labute approximate surface area is 150 Å². The molecule has 0 aromatic rings. The molecule has 140 valence electrons. The number of carbonyl (C=O) groups excluding carboxylic acids is 4. The van der Waals surface area contributed by atoms with Gasteiger partial charge >= 0.3 is 0 Å². The van der Waals surface area contributed by atoms with E-state index in [4.69, 9.17) is 0 Å². The monoisotopic (exact) mass is 378 g/mol. The molecule has 0 aromatic carbocycles. The summed E-state index contributed by atoms with van der Waals surface area (Å²) in [4.78, 5) is 44.0. The zero-order chi connectivity index (χ0) is 19.4. The van der Waals surface area contributed by atoms with Gasteiger partial charge in [-0.05, 0) is 40.0 Å². The third kappa shape index (κ3) is 11.6. The molecule has 0 heterocycles. The van der Waals surface area contributed by atoms with E-state index in [2.05, 4.69) is 29.1 Å². The van der Waals surface area contributed by atoms with E-state index in [1.807, 2.05) is 13.8 Å². The Bertz CT molecular complexity index is 404. The number of carbonyl (C=O) groups is 4. The fourth-order valence-electron chi connectivity index (χ4n) is 1.13. The summed E-state index contributed by atoms with van der Waals surface area (Å²) >= 11 is 0. The molecular weight excluding hydrogens is 346 g/mol. The molecule has 6 unspecified atom stereocenters. The van der Waals surface area contributed by atoms with Crippen LogP contribution >= 0.6 is 18.5 Å². The maximum Gasteiger partial charge on any atom is 0.223 e. The van der Waals surface area contributed by atoms with Crippen molar-refractivity contribution in [3.63, 3.8) is 0 Å². The van der Waals surface area contributed by atoms with Gasteiger partial charge < -0.3 is 10.6 Å². The molecule has 0 fully saturated rings. The molecule has 0 aromatic heterocycles. The Balaban J connectivity index is 0. The van der Waals surface area contributed by atoms with E-state index in [-0.39, 0.29) is 47.3 Å². The standard InChI is InChI=1S/2C8H16NO2P/c2*1-5(4-12)8(11)9-6(2)7(3)10/h2*5-6H,4,12H2,1-3H3,(H,9,11). The average Bonchev–Trinajstić information content (AvgIpc) is 2.53. The van der Waals surface area contributed by atoms with Gasteiger partial charge in [0.15, 0.2) is 11.6 Å². The lowest BCUT2D eigenvalue weighted by Crippen LogP contribution is -2.40. The van der Waals surface area contributed by atoms with Gasteiger partial charge in [0.05, 0.1) is 12.1 Å². The molecule has 0 saturated heterocycles. The normalized spacial score (nSPS) is 15.0. The van der Waals surface area contributed by atoms with Crippen molar-refractivity contribution in [2.75, 3.05) is 12.3 Å². The molecule has 0 saturated carbocycles. The number of hydrogen-bond donors (Lipinski definition) is 2. The highest BCUT2D eigenvalue weighted by Crippen LogP contribution is 2.01. The van der Waals surface area contributed by atoms with Crippen LogP contribution in [0.2, 0.25) is 0 Å². The van der Waals surface area contributed by atoms with Crippen LogP contribution in [0.15, 0.2) is 0 Å². The molecule has 6 nitrogen and oxygen atoms in total. The average molecular weight is 378 g/mol. The minimum atomic E-state index is -0.364. The van der Waals surface area contributed by atoms with Crippen molar-refractivity contribution in [3.05, 3.63) is 0 Å². The summed E-state index contributed by atoms with van der Waals surface area (Å²) in [5.74, 6) is -0.243. The van der Waals surface area contributed by atoms with Gasteiger partial charge in [-0.15, -0.1) is 18.5 Å². The minimum Gasteiger partial charge on any atom is -0.346 e. The Morgan fingerprint density at radius 3 is 1.12 bits per heavy atom. The van der Waals surface area contributed by atoms with Gasteiger partial charge in [0.1, 0.15) is 0 Å². The molecule has 8 heteroatoms. The smallest absolute Gasteiger partial charge is 0.223 e. The van der Waals surface area contributed by atoms with Gasteiger partial charge in [0, 0.05) is 11.8 Å². The van der Waals surface area contributed by atoms with Gasteiger partial charge in [-0.25, -0.2) is 0 Å². The van der Waals surface area contributed by atoms with Crippen LogP contribution in [-0.4, -0.2) is 47.8 Å². The lowest BCUT2D eigenvalue weighted by molar-refractivity contribution is -0.128. The first-order valence-corrected chi connectivity index (χ1v) is 9.62. The Hall–Kier alpha value is -0.860. The molecule has 0 bridgehead atoms. The van der Waals surface area contributed by atoms with Crippen molar-refractivity contribution in [1.82, 2.24) is 10.6 Å². The lowest BCUT2D eigenvalue weighted by Gasteiger charge is -2.13. The molecule has 0 spiro atoms. The van der Waals surface area contributed by atoms with Crippen LogP contribution < -0.4 is 10.6 Å². The van der Waals surface area contributed by atoms with E-state index >= 15 is 0 Å². The summed E-state index contributed by atoms with van der Waals surface area (Å²) in [5.41, 5.74) is 0. The lowest BCUT2D eigenvalue weighted by atomic mass is 10.1. The molecule has 0 radical (unpaired) electrons. The largest absolute Gasteiger partial charge is 0.346 e. The van der Waals surface area contributed by atoms with Gasteiger partial charge in [-0.3, -0.25) is 19.2 Å². The Kier molecular flexibility index (Phi) is 14.2. The maximum absolute atomic E-state index is 11.2. The van der Waals surface area contributed by atoms with Gasteiger partial charge in [0.2, 0.25) is 11.8 Å². The second-order valence-electron chi connectivity index (χ2n) is 5.96. The molecule has 0 rings (SSSR count). The van der Waals surface area contributed by atoms with Crippen molar-refractivity contribution in [3.8, 4) is 0 Å². The number of nitrogens with one attached hydrogen (secondary N) is 2.